The molecule has 29 heavy (non-hydrogen) atoms. The second kappa shape index (κ2) is 8.24. The summed E-state index contributed by atoms with van der Waals surface area (Å²) in [5, 5.41) is 6.55. The number of aryl methyl sites for hydroxylation is 2. The molecule has 2 aliphatic rings. The first kappa shape index (κ1) is 19.4. The van der Waals surface area contributed by atoms with Crippen molar-refractivity contribution in [1.29, 1.82) is 0 Å². The normalized spacial score (nSPS) is 19.0. The van der Waals surface area contributed by atoms with Crippen LogP contribution in [-0.2, 0) is 11.2 Å². The number of carbonyl (C=O) groups excluding carboxylic acids is 1. The first-order valence-electron chi connectivity index (χ1n) is 10.2. The number of carbonyl (C=O) groups is 1. The van der Waals surface area contributed by atoms with E-state index in [1.54, 1.807) is 0 Å². The Balaban J connectivity index is 1.42. The highest BCUT2D eigenvalue weighted by atomic mass is 16.1. The number of nitrogens with two attached hydrogens (primary N) is 1. The number of aromatic nitrogens is 3. The number of piperidine rings is 1. The van der Waals surface area contributed by atoms with Crippen molar-refractivity contribution in [3.63, 3.8) is 0 Å². The zero-order valence-corrected chi connectivity index (χ0v) is 16.9. The van der Waals surface area contributed by atoms with Crippen LogP contribution in [0.15, 0.2) is 23.3 Å². The number of pyridine rings is 1. The summed E-state index contributed by atoms with van der Waals surface area (Å²) < 4.78 is 0. The molecule has 2 aromatic rings. The minimum atomic E-state index is -0.522. The maximum absolute atomic E-state index is 11.6. The van der Waals surface area contributed by atoms with Gasteiger partial charge >= 0.3 is 0 Å². The average molecular weight is 393 g/mol. The van der Waals surface area contributed by atoms with Crippen LogP contribution in [0.1, 0.15) is 48.9 Å². The van der Waals surface area contributed by atoms with Crippen LogP contribution < -0.4 is 16.4 Å². The van der Waals surface area contributed by atoms with E-state index in [2.05, 4.69) is 36.6 Å². The summed E-state index contributed by atoms with van der Waals surface area (Å²) in [7, 11) is 0. The van der Waals surface area contributed by atoms with Crippen LogP contribution in [0.3, 0.4) is 0 Å². The molecule has 0 radical (unpaired) electrons. The Bertz CT molecular complexity index is 933. The summed E-state index contributed by atoms with van der Waals surface area (Å²) in [5.74, 6) is 1.70. The molecule has 0 bridgehead atoms. The summed E-state index contributed by atoms with van der Waals surface area (Å²) in [5.41, 5.74) is 8.62. The molecule has 1 fully saturated rings. The van der Waals surface area contributed by atoms with Crippen LogP contribution in [0.4, 0.5) is 17.6 Å². The van der Waals surface area contributed by atoms with Gasteiger partial charge in [0.2, 0.25) is 5.95 Å². The fraction of sp³-hybridized carbons (Fsp3) is 0.476. The molecular weight excluding hydrogens is 366 g/mol. The van der Waals surface area contributed by atoms with Gasteiger partial charge in [-0.15, -0.1) is 0 Å². The summed E-state index contributed by atoms with van der Waals surface area (Å²) in [6, 6.07) is 4.05. The molecule has 4 heterocycles. The van der Waals surface area contributed by atoms with Crippen LogP contribution in [0.25, 0.3) is 0 Å². The number of rotatable bonds is 6. The van der Waals surface area contributed by atoms with Gasteiger partial charge in [0.05, 0.1) is 0 Å². The minimum absolute atomic E-state index is 0.186. The minimum Gasteiger partial charge on any atom is -0.365 e. The van der Waals surface area contributed by atoms with Crippen molar-refractivity contribution in [1.82, 2.24) is 20.3 Å². The predicted molar refractivity (Wildman–Crippen MR) is 113 cm³/mol. The van der Waals surface area contributed by atoms with Gasteiger partial charge in [0, 0.05) is 23.4 Å². The Morgan fingerprint density at radius 1 is 1.28 bits per heavy atom. The lowest BCUT2D eigenvalue weighted by molar-refractivity contribution is -0.112. The maximum Gasteiger partial charge on any atom is 0.263 e. The van der Waals surface area contributed by atoms with E-state index in [-0.39, 0.29) is 5.92 Å². The van der Waals surface area contributed by atoms with E-state index >= 15 is 0 Å². The molecule has 2 aromatic heterocycles. The van der Waals surface area contributed by atoms with Gasteiger partial charge < -0.3 is 16.4 Å². The summed E-state index contributed by atoms with van der Waals surface area (Å²) in [4.78, 5) is 29.3. The first-order valence-corrected chi connectivity index (χ1v) is 10.2. The summed E-state index contributed by atoms with van der Waals surface area (Å²) >= 11 is 0. The number of hydrogen-bond donors (Lipinski definition) is 3. The monoisotopic (exact) mass is 393 g/mol. The molecule has 152 valence electrons. The van der Waals surface area contributed by atoms with Gasteiger partial charge in [-0.05, 0) is 63.2 Å². The van der Waals surface area contributed by atoms with E-state index < -0.39 is 5.91 Å². The Labute approximate surface area is 170 Å². The highest BCUT2D eigenvalue weighted by Gasteiger charge is 2.30. The van der Waals surface area contributed by atoms with Gasteiger partial charge in [-0.2, -0.15) is 4.98 Å². The van der Waals surface area contributed by atoms with Gasteiger partial charge in [0.15, 0.2) is 5.82 Å². The van der Waals surface area contributed by atoms with E-state index in [1.807, 2.05) is 26.1 Å². The molecule has 0 aromatic carbocycles. The molecule has 1 unspecified atom stereocenters. The van der Waals surface area contributed by atoms with Crippen molar-refractivity contribution < 1.29 is 4.79 Å². The van der Waals surface area contributed by atoms with Gasteiger partial charge in [-0.3, -0.25) is 4.79 Å². The zero-order chi connectivity index (χ0) is 20.4. The van der Waals surface area contributed by atoms with E-state index in [0.29, 0.717) is 23.3 Å². The van der Waals surface area contributed by atoms with E-state index in [1.165, 1.54) is 24.8 Å². The molecule has 2 aliphatic heterocycles. The number of amides is 1. The SMILES string of the molecule is Cc1nc(Nc2ccc(CCC3CCNCC3)cn2)nc2c1C(C)C(C(N)=O)=N2. The third kappa shape index (κ3) is 4.27. The zero-order valence-electron chi connectivity index (χ0n) is 16.9. The molecule has 4 rings (SSSR count). The van der Waals surface area contributed by atoms with Crippen LogP contribution in [-0.4, -0.2) is 39.7 Å². The Hall–Kier alpha value is -2.87. The number of nitrogens with one attached hydrogen (secondary N) is 2. The standard InChI is InChI=1S/C21H27N7O/c1-12-17-13(2)25-21(28-20(17)27-18(12)19(22)29)26-16-6-5-15(11-24-16)4-3-14-7-9-23-10-8-14/h5-6,11-12,14,23H,3-4,7-10H2,1-2H3,(H2,22,29)(H,24,25,26,28). The topological polar surface area (TPSA) is 118 Å². The Morgan fingerprint density at radius 2 is 2.07 bits per heavy atom. The van der Waals surface area contributed by atoms with Gasteiger partial charge in [0.1, 0.15) is 11.5 Å². The predicted octanol–water partition coefficient (Wildman–Crippen LogP) is 2.53. The second-order valence-corrected chi connectivity index (χ2v) is 7.86. The molecule has 0 spiro atoms. The van der Waals surface area contributed by atoms with Crippen molar-refractivity contribution in [2.45, 2.75) is 45.4 Å². The van der Waals surface area contributed by atoms with Gasteiger partial charge in [0.25, 0.3) is 5.91 Å². The smallest absolute Gasteiger partial charge is 0.263 e. The first-order chi connectivity index (χ1) is 14.0. The molecule has 8 heteroatoms. The van der Waals surface area contributed by atoms with Crippen LogP contribution in [0.2, 0.25) is 0 Å². The lowest BCUT2D eigenvalue weighted by atomic mass is 9.92. The largest absolute Gasteiger partial charge is 0.365 e. The molecule has 8 nitrogen and oxygen atoms in total. The highest BCUT2D eigenvalue weighted by Crippen LogP contribution is 2.36. The van der Waals surface area contributed by atoms with Crippen molar-refractivity contribution in [2.24, 2.45) is 16.6 Å². The number of primary amides is 1. The molecule has 0 saturated carbocycles. The highest BCUT2D eigenvalue weighted by molar-refractivity contribution is 6.41. The quantitative estimate of drug-likeness (QED) is 0.694. The van der Waals surface area contributed by atoms with E-state index in [9.17, 15) is 4.79 Å². The fourth-order valence-corrected chi connectivity index (χ4v) is 4.13. The number of nitrogens with zero attached hydrogens (tertiary/aromatic N) is 4. The van der Waals surface area contributed by atoms with Crippen LogP contribution in [0.5, 0.6) is 0 Å². The van der Waals surface area contributed by atoms with Crippen molar-refractivity contribution in [3.8, 4) is 0 Å². The van der Waals surface area contributed by atoms with E-state index in [0.717, 1.165) is 36.7 Å². The molecule has 1 atom stereocenters. The maximum atomic E-state index is 11.6. The number of hydrogen-bond acceptors (Lipinski definition) is 7. The molecule has 1 saturated heterocycles. The van der Waals surface area contributed by atoms with Crippen molar-refractivity contribution in [2.75, 3.05) is 18.4 Å². The average Bonchev–Trinajstić information content (AvgIpc) is 3.05. The van der Waals surface area contributed by atoms with Crippen molar-refractivity contribution >= 4 is 29.2 Å². The molecule has 0 aliphatic carbocycles. The third-order valence-electron chi connectivity index (χ3n) is 5.80. The van der Waals surface area contributed by atoms with Gasteiger partial charge in [-0.1, -0.05) is 13.0 Å². The lowest BCUT2D eigenvalue weighted by Gasteiger charge is -2.22. The number of aliphatic imine (C=N–C) groups is 1. The fourth-order valence-electron chi connectivity index (χ4n) is 4.13. The summed E-state index contributed by atoms with van der Waals surface area (Å²) in [6.45, 7) is 6.05. The molecule has 4 N–H and O–H groups in total. The number of anilines is 2. The molecule has 1 amide bonds. The van der Waals surface area contributed by atoms with Crippen molar-refractivity contribution in [3.05, 3.63) is 35.2 Å². The summed E-state index contributed by atoms with van der Waals surface area (Å²) in [6.07, 6.45) is 6.70. The van der Waals surface area contributed by atoms with Gasteiger partial charge in [-0.25, -0.2) is 15.0 Å². The third-order valence-corrected chi connectivity index (χ3v) is 5.80. The second-order valence-electron chi connectivity index (χ2n) is 7.86. The number of fused-ring (bicyclic) bond motifs is 1. The Morgan fingerprint density at radius 3 is 2.76 bits per heavy atom. The van der Waals surface area contributed by atoms with Crippen LogP contribution >= 0.6 is 0 Å². The Kier molecular flexibility index (Phi) is 5.53. The lowest BCUT2D eigenvalue weighted by Crippen LogP contribution is -2.27. The van der Waals surface area contributed by atoms with E-state index in [4.69, 9.17) is 5.73 Å². The molecular formula is C21H27N7O. The van der Waals surface area contributed by atoms with Crippen LogP contribution in [0, 0.1) is 12.8 Å².